The van der Waals surface area contributed by atoms with Crippen LogP contribution in [0.1, 0.15) is 6.92 Å². The smallest absolute Gasteiger partial charge is 0.319 e. The van der Waals surface area contributed by atoms with Crippen LogP contribution < -0.4 is 5.32 Å². The molecule has 6 heteroatoms. The Hall–Kier alpha value is -0.330. The van der Waals surface area contributed by atoms with Gasteiger partial charge in [0.15, 0.2) is 0 Å². The van der Waals surface area contributed by atoms with Crippen molar-refractivity contribution in [1.29, 1.82) is 0 Å². The molecule has 0 aromatic rings. The van der Waals surface area contributed by atoms with Crippen molar-refractivity contribution in [2.45, 2.75) is 13.3 Å². The topological polar surface area (TPSA) is 24.5 Å². The molecule has 15 heavy (non-hydrogen) atoms. The van der Waals surface area contributed by atoms with Gasteiger partial charge in [-0.25, -0.2) is 0 Å². The molecule has 3 nitrogen and oxygen atoms in total. The van der Waals surface area contributed by atoms with Gasteiger partial charge in [0.05, 0.1) is 6.61 Å². The first-order valence-corrected chi connectivity index (χ1v) is 4.89. The SMILES string of the molecule is CNCC(C)CN(C)CCOC(F)(F)F. The Morgan fingerprint density at radius 3 is 2.47 bits per heavy atom. The van der Waals surface area contributed by atoms with Crippen molar-refractivity contribution >= 4 is 0 Å². The molecule has 0 bridgehead atoms. The van der Waals surface area contributed by atoms with Gasteiger partial charge >= 0.3 is 6.36 Å². The van der Waals surface area contributed by atoms with Gasteiger partial charge in [-0.3, -0.25) is 4.74 Å². The lowest BCUT2D eigenvalue weighted by Crippen LogP contribution is -2.33. The van der Waals surface area contributed by atoms with Gasteiger partial charge in [-0.2, -0.15) is 0 Å². The standard InChI is InChI=1S/C9H19F3N2O/c1-8(6-13-2)7-14(3)4-5-15-9(10,11)12/h8,13H,4-7H2,1-3H3. The number of alkyl halides is 3. The van der Waals surface area contributed by atoms with Crippen molar-refractivity contribution in [3.63, 3.8) is 0 Å². The minimum absolute atomic E-state index is 0.285. The second-order valence-electron chi connectivity index (χ2n) is 3.72. The monoisotopic (exact) mass is 228 g/mol. The summed E-state index contributed by atoms with van der Waals surface area (Å²) < 4.78 is 38.6. The van der Waals surface area contributed by atoms with Crippen molar-refractivity contribution in [2.24, 2.45) is 5.92 Å². The van der Waals surface area contributed by atoms with Crippen LogP contribution in [0.15, 0.2) is 0 Å². The third-order valence-electron chi connectivity index (χ3n) is 1.91. The molecule has 0 aromatic carbocycles. The molecule has 0 saturated carbocycles. The molecule has 0 rings (SSSR count). The quantitative estimate of drug-likeness (QED) is 0.711. The van der Waals surface area contributed by atoms with Crippen LogP contribution in [-0.2, 0) is 4.74 Å². The summed E-state index contributed by atoms with van der Waals surface area (Å²) in [7, 11) is 3.63. The summed E-state index contributed by atoms with van der Waals surface area (Å²) in [6.07, 6.45) is -4.52. The van der Waals surface area contributed by atoms with E-state index in [-0.39, 0.29) is 13.2 Å². The highest BCUT2D eigenvalue weighted by Crippen LogP contribution is 2.15. The second kappa shape index (κ2) is 7.03. The van der Waals surface area contributed by atoms with Crippen LogP contribution in [0.5, 0.6) is 0 Å². The number of ether oxygens (including phenoxy) is 1. The summed E-state index contributed by atoms with van der Waals surface area (Å²) in [5.41, 5.74) is 0. The lowest BCUT2D eigenvalue weighted by molar-refractivity contribution is -0.324. The van der Waals surface area contributed by atoms with E-state index in [0.717, 1.165) is 13.1 Å². The fraction of sp³-hybridized carbons (Fsp3) is 1.00. The lowest BCUT2D eigenvalue weighted by Gasteiger charge is -2.21. The van der Waals surface area contributed by atoms with Gasteiger partial charge in [-0.15, -0.1) is 13.2 Å². The summed E-state index contributed by atoms with van der Waals surface area (Å²) in [5, 5.41) is 3.02. The van der Waals surface area contributed by atoms with Crippen LogP contribution in [0.4, 0.5) is 13.2 Å². The Morgan fingerprint density at radius 1 is 1.40 bits per heavy atom. The zero-order valence-corrected chi connectivity index (χ0v) is 9.40. The van der Waals surface area contributed by atoms with Crippen molar-refractivity contribution < 1.29 is 17.9 Å². The summed E-state index contributed by atoms with van der Waals surface area (Å²) in [6.45, 7) is 3.62. The number of halogens is 3. The van der Waals surface area contributed by atoms with E-state index in [2.05, 4.69) is 10.1 Å². The predicted octanol–water partition coefficient (Wildman–Crippen LogP) is 1.31. The summed E-state index contributed by atoms with van der Waals surface area (Å²) in [4.78, 5) is 1.83. The van der Waals surface area contributed by atoms with Gasteiger partial charge in [0.2, 0.25) is 0 Å². The minimum Gasteiger partial charge on any atom is -0.319 e. The highest BCUT2D eigenvalue weighted by Gasteiger charge is 2.28. The average molecular weight is 228 g/mol. The molecular weight excluding hydrogens is 209 g/mol. The molecule has 0 amide bonds. The molecule has 0 fully saturated rings. The van der Waals surface area contributed by atoms with Gasteiger partial charge in [-0.05, 0) is 26.6 Å². The molecule has 0 saturated heterocycles. The number of hydrogen-bond acceptors (Lipinski definition) is 3. The minimum atomic E-state index is -4.52. The molecule has 0 radical (unpaired) electrons. The van der Waals surface area contributed by atoms with Crippen LogP contribution in [-0.4, -0.2) is 51.6 Å². The fourth-order valence-electron chi connectivity index (χ4n) is 1.35. The van der Waals surface area contributed by atoms with E-state index < -0.39 is 6.36 Å². The number of rotatable bonds is 7. The molecule has 1 unspecified atom stereocenters. The van der Waals surface area contributed by atoms with Gasteiger partial charge in [0, 0.05) is 13.1 Å². The molecule has 0 aliphatic carbocycles. The molecule has 0 aromatic heterocycles. The van der Waals surface area contributed by atoms with E-state index in [9.17, 15) is 13.2 Å². The summed E-state index contributed by atoms with van der Waals surface area (Å²) >= 11 is 0. The van der Waals surface area contributed by atoms with E-state index in [0.29, 0.717) is 5.92 Å². The Kier molecular flexibility index (Phi) is 6.87. The van der Waals surface area contributed by atoms with E-state index in [1.165, 1.54) is 0 Å². The van der Waals surface area contributed by atoms with Crippen molar-refractivity contribution in [2.75, 3.05) is 40.3 Å². The lowest BCUT2D eigenvalue weighted by atomic mass is 10.2. The maximum absolute atomic E-state index is 11.6. The average Bonchev–Trinajstić information content (AvgIpc) is 2.01. The van der Waals surface area contributed by atoms with E-state index in [1.807, 2.05) is 18.9 Å². The molecule has 0 spiro atoms. The molecule has 92 valence electrons. The predicted molar refractivity (Wildman–Crippen MR) is 52.6 cm³/mol. The molecule has 0 aliphatic rings. The third-order valence-corrected chi connectivity index (χ3v) is 1.91. The zero-order valence-electron chi connectivity index (χ0n) is 9.40. The first-order valence-electron chi connectivity index (χ1n) is 4.89. The highest BCUT2D eigenvalue weighted by molar-refractivity contribution is 4.60. The van der Waals surface area contributed by atoms with E-state index in [4.69, 9.17) is 0 Å². The Balaban J connectivity index is 3.53. The maximum Gasteiger partial charge on any atom is 0.522 e. The largest absolute Gasteiger partial charge is 0.522 e. The highest BCUT2D eigenvalue weighted by atomic mass is 19.4. The molecule has 1 N–H and O–H groups in total. The third kappa shape index (κ3) is 9.96. The van der Waals surface area contributed by atoms with Crippen LogP contribution in [0.2, 0.25) is 0 Å². The summed E-state index contributed by atoms with van der Waals surface area (Å²) in [6, 6.07) is 0. The van der Waals surface area contributed by atoms with Crippen LogP contribution in [0, 0.1) is 5.92 Å². The van der Waals surface area contributed by atoms with Gasteiger partial charge in [0.1, 0.15) is 0 Å². The first kappa shape index (κ1) is 14.7. The first-order chi connectivity index (χ1) is 6.85. The normalized spacial score (nSPS) is 14.6. The van der Waals surface area contributed by atoms with Gasteiger partial charge in [0.25, 0.3) is 0 Å². The molecular formula is C9H19F3N2O. The molecule has 0 heterocycles. The number of nitrogens with one attached hydrogen (secondary N) is 1. The maximum atomic E-state index is 11.6. The van der Waals surface area contributed by atoms with Crippen molar-refractivity contribution in [1.82, 2.24) is 10.2 Å². The number of hydrogen-bond donors (Lipinski definition) is 1. The van der Waals surface area contributed by atoms with Crippen LogP contribution >= 0.6 is 0 Å². The van der Waals surface area contributed by atoms with Crippen LogP contribution in [0.25, 0.3) is 0 Å². The summed E-state index contributed by atoms with van der Waals surface area (Å²) in [5.74, 6) is 0.408. The van der Waals surface area contributed by atoms with E-state index >= 15 is 0 Å². The van der Waals surface area contributed by atoms with Crippen molar-refractivity contribution in [3.8, 4) is 0 Å². The van der Waals surface area contributed by atoms with E-state index in [1.54, 1.807) is 7.05 Å². The fourth-order valence-corrected chi connectivity index (χ4v) is 1.35. The Morgan fingerprint density at radius 2 is 2.00 bits per heavy atom. The Bertz CT molecular complexity index is 164. The zero-order chi connectivity index (χ0) is 11.9. The molecule has 0 aliphatic heterocycles. The van der Waals surface area contributed by atoms with Gasteiger partial charge in [-0.1, -0.05) is 6.92 Å². The second-order valence-corrected chi connectivity index (χ2v) is 3.72. The number of likely N-dealkylation sites (N-methyl/N-ethyl adjacent to an activating group) is 1. The molecule has 1 atom stereocenters. The van der Waals surface area contributed by atoms with Crippen molar-refractivity contribution in [3.05, 3.63) is 0 Å². The number of nitrogens with zero attached hydrogens (tertiary/aromatic N) is 1. The van der Waals surface area contributed by atoms with Crippen LogP contribution in [0.3, 0.4) is 0 Å². The van der Waals surface area contributed by atoms with Gasteiger partial charge < -0.3 is 10.2 Å². The Labute approximate surface area is 88.6 Å².